The van der Waals surface area contributed by atoms with E-state index in [2.05, 4.69) is 27.3 Å². The summed E-state index contributed by atoms with van der Waals surface area (Å²) in [6.07, 6.45) is 1.84. The van der Waals surface area contributed by atoms with Crippen molar-refractivity contribution >= 4 is 52.8 Å². The number of aryl methyl sites for hydroxylation is 1. The molecule has 0 saturated heterocycles. The van der Waals surface area contributed by atoms with Crippen molar-refractivity contribution in [1.29, 1.82) is 5.26 Å². The average molecular weight is 393 g/mol. The maximum absolute atomic E-state index is 9.26. The highest BCUT2D eigenvalue weighted by Crippen LogP contribution is 2.38. The van der Waals surface area contributed by atoms with Crippen LogP contribution in [0.1, 0.15) is 16.7 Å². The van der Waals surface area contributed by atoms with Crippen molar-refractivity contribution in [2.45, 2.75) is 12.8 Å². The highest BCUT2D eigenvalue weighted by Gasteiger charge is 2.18. The number of halogens is 2. The van der Waals surface area contributed by atoms with E-state index in [1.165, 1.54) is 9.12 Å². The van der Waals surface area contributed by atoms with Crippen molar-refractivity contribution in [1.82, 2.24) is 3.97 Å². The summed E-state index contributed by atoms with van der Waals surface area (Å²) in [5.74, 6) is 1.06. The van der Waals surface area contributed by atoms with Crippen molar-refractivity contribution < 1.29 is 4.74 Å². The van der Waals surface area contributed by atoms with Gasteiger partial charge < -0.3 is 4.74 Å². The maximum atomic E-state index is 9.26. The van der Waals surface area contributed by atoms with Gasteiger partial charge >= 0.3 is 0 Å². The molecular formula is C12H10ClIN2OS. The Kier molecular flexibility index (Phi) is 4.30. The molecule has 0 amide bonds. The molecular weight excluding hydrogens is 383 g/mol. The predicted molar refractivity (Wildman–Crippen MR) is 84.5 cm³/mol. The Morgan fingerprint density at radius 2 is 2.33 bits per heavy atom. The minimum absolute atomic E-state index is 0.324. The Labute approximate surface area is 127 Å². The summed E-state index contributed by atoms with van der Waals surface area (Å²) in [5.41, 5.74) is 3.61. The van der Waals surface area contributed by atoms with Crippen LogP contribution in [0.2, 0.25) is 0 Å². The van der Waals surface area contributed by atoms with Gasteiger partial charge in [0.15, 0.2) is 0 Å². The topological polar surface area (TPSA) is 37.9 Å². The Balaban J connectivity index is 2.97. The van der Waals surface area contributed by atoms with Gasteiger partial charge in [-0.15, -0.1) is 11.6 Å². The number of nitrogens with zero attached hydrogens (tertiary/aromatic N) is 2. The smallest absolute Gasteiger partial charge is 0.124 e. The summed E-state index contributed by atoms with van der Waals surface area (Å²) in [6.45, 7) is 2.01. The first kappa shape index (κ1) is 13.8. The van der Waals surface area contributed by atoms with E-state index >= 15 is 0 Å². The molecule has 3 nitrogen and oxygen atoms in total. The van der Waals surface area contributed by atoms with E-state index in [0.717, 1.165) is 27.8 Å². The number of aromatic nitrogens is 1. The van der Waals surface area contributed by atoms with Gasteiger partial charge in [-0.2, -0.15) is 5.26 Å². The zero-order valence-corrected chi connectivity index (χ0v) is 13.6. The minimum Gasteiger partial charge on any atom is -0.496 e. The maximum Gasteiger partial charge on any atom is 0.124 e. The number of ether oxygens (including phenoxy) is 1. The number of nitriles is 1. The molecule has 0 unspecified atom stereocenters. The molecule has 0 N–H and O–H groups in total. The van der Waals surface area contributed by atoms with Crippen LogP contribution in [0.15, 0.2) is 12.3 Å². The molecule has 0 aliphatic rings. The molecule has 0 spiro atoms. The fourth-order valence-corrected chi connectivity index (χ4v) is 3.74. The van der Waals surface area contributed by atoms with Crippen LogP contribution in [0.3, 0.4) is 0 Å². The number of methoxy groups -OCH3 is 1. The molecule has 0 atom stereocenters. The fourth-order valence-electron chi connectivity index (χ4n) is 2.09. The lowest BCUT2D eigenvalue weighted by molar-refractivity contribution is 0.412. The highest BCUT2D eigenvalue weighted by molar-refractivity contribution is 14.2. The number of alkyl halides is 1. The van der Waals surface area contributed by atoms with E-state index in [-0.39, 0.29) is 0 Å². The number of rotatable bonds is 3. The van der Waals surface area contributed by atoms with Gasteiger partial charge in [0.2, 0.25) is 0 Å². The zero-order valence-electron chi connectivity index (χ0n) is 9.83. The Morgan fingerprint density at radius 3 is 2.83 bits per heavy atom. The Bertz CT molecular complexity index is 648. The van der Waals surface area contributed by atoms with Gasteiger partial charge in [0.25, 0.3) is 0 Å². The Morgan fingerprint density at radius 1 is 1.61 bits per heavy atom. The number of benzene rings is 1. The number of hydrogen-bond donors (Lipinski definition) is 0. The standard InChI is InChI=1S/C12H10ClIN2OS/c1-7-3-10(17-2)9(4-13)11-8(5-15)6-16(18-14)12(7)11/h3,6H,4H2,1-2H3. The SMILES string of the molecule is COc1cc(C)c2c(c(C#N)cn2SI)c1CCl. The zero-order chi connectivity index (χ0) is 13.3. The van der Waals surface area contributed by atoms with E-state index in [1.807, 2.05) is 23.2 Å². The predicted octanol–water partition coefficient (Wildman–Crippen LogP) is 4.42. The second kappa shape index (κ2) is 5.59. The van der Waals surface area contributed by atoms with Gasteiger partial charge in [-0.3, -0.25) is 3.97 Å². The van der Waals surface area contributed by atoms with Gasteiger partial charge in [0, 0.05) is 47.5 Å². The monoisotopic (exact) mass is 392 g/mol. The van der Waals surface area contributed by atoms with Gasteiger partial charge in [-0.25, -0.2) is 0 Å². The molecule has 0 saturated carbocycles. The lowest BCUT2D eigenvalue weighted by atomic mass is 10.0. The summed E-state index contributed by atoms with van der Waals surface area (Å²) < 4.78 is 7.34. The number of fused-ring (bicyclic) bond motifs is 1. The van der Waals surface area contributed by atoms with Gasteiger partial charge in [0.1, 0.15) is 11.8 Å². The van der Waals surface area contributed by atoms with Crippen molar-refractivity contribution in [2.75, 3.05) is 7.11 Å². The van der Waals surface area contributed by atoms with Crippen LogP contribution < -0.4 is 4.74 Å². The van der Waals surface area contributed by atoms with E-state index in [0.29, 0.717) is 11.4 Å². The largest absolute Gasteiger partial charge is 0.496 e. The lowest BCUT2D eigenvalue weighted by Gasteiger charge is -2.11. The van der Waals surface area contributed by atoms with Crippen LogP contribution in [0.25, 0.3) is 10.9 Å². The molecule has 2 rings (SSSR count). The molecule has 94 valence electrons. The molecule has 18 heavy (non-hydrogen) atoms. The van der Waals surface area contributed by atoms with E-state index in [9.17, 15) is 5.26 Å². The van der Waals surface area contributed by atoms with Crippen molar-refractivity contribution in [3.8, 4) is 11.8 Å². The van der Waals surface area contributed by atoms with Crippen LogP contribution in [0.5, 0.6) is 5.75 Å². The van der Waals surface area contributed by atoms with Gasteiger partial charge in [0.05, 0.1) is 24.1 Å². The van der Waals surface area contributed by atoms with Crippen LogP contribution in [0.4, 0.5) is 0 Å². The average Bonchev–Trinajstić information content (AvgIpc) is 2.77. The molecule has 0 aliphatic carbocycles. The molecule has 1 heterocycles. The third kappa shape index (κ3) is 2.06. The summed E-state index contributed by atoms with van der Waals surface area (Å²) in [4.78, 5) is 0. The quantitative estimate of drug-likeness (QED) is 0.573. The first-order valence-corrected chi connectivity index (χ1v) is 8.99. The first-order chi connectivity index (χ1) is 8.67. The van der Waals surface area contributed by atoms with Crippen molar-refractivity contribution in [2.24, 2.45) is 0 Å². The highest BCUT2D eigenvalue weighted by atomic mass is 127. The second-order valence-corrected chi connectivity index (χ2v) is 5.76. The van der Waals surface area contributed by atoms with E-state index < -0.39 is 0 Å². The molecule has 0 bridgehead atoms. The van der Waals surface area contributed by atoms with Crippen molar-refractivity contribution in [3.05, 3.63) is 29.0 Å². The lowest BCUT2D eigenvalue weighted by Crippen LogP contribution is -1.94. The fraction of sp³-hybridized carbons (Fsp3) is 0.250. The molecule has 0 aliphatic heterocycles. The van der Waals surface area contributed by atoms with Crippen LogP contribution >= 0.6 is 41.9 Å². The van der Waals surface area contributed by atoms with Crippen LogP contribution in [0, 0.1) is 18.3 Å². The third-order valence-corrected chi connectivity index (χ3v) is 4.82. The first-order valence-electron chi connectivity index (χ1n) is 5.14. The summed E-state index contributed by atoms with van der Waals surface area (Å²) in [7, 11) is 3.15. The molecule has 0 radical (unpaired) electrons. The molecule has 0 fully saturated rings. The molecule has 1 aromatic carbocycles. The summed E-state index contributed by atoms with van der Waals surface area (Å²) >= 11 is 8.21. The third-order valence-electron chi connectivity index (χ3n) is 2.84. The second-order valence-electron chi connectivity index (χ2n) is 3.78. The Hall–Kier alpha value is -0.580. The van der Waals surface area contributed by atoms with Crippen molar-refractivity contribution in [3.63, 3.8) is 0 Å². The minimum atomic E-state index is 0.324. The molecule has 2 aromatic rings. The summed E-state index contributed by atoms with van der Waals surface area (Å²) in [5, 5.41) is 10.2. The molecule has 6 heteroatoms. The van der Waals surface area contributed by atoms with Gasteiger partial charge in [-0.05, 0) is 18.6 Å². The van der Waals surface area contributed by atoms with Crippen LogP contribution in [-0.2, 0) is 5.88 Å². The van der Waals surface area contributed by atoms with E-state index in [4.69, 9.17) is 16.3 Å². The number of hydrogen-bond acceptors (Lipinski definition) is 3. The normalized spacial score (nSPS) is 10.6. The van der Waals surface area contributed by atoms with E-state index in [1.54, 1.807) is 7.11 Å². The van der Waals surface area contributed by atoms with Gasteiger partial charge in [-0.1, -0.05) is 0 Å². The molecule has 1 aromatic heterocycles. The summed E-state index contributed by atoms with van der Waals surface area (Å²) in [6, 6.07) is 4.19. The van der Waals surface area contributed by atoms with Crippen LogP contribution in [-0.4, -0.2) is 11.1 Å².